The van der Waals surface area contributed by atoms with Crippen molar-refractivity contribution in [3.05, 3.63) is 0 Å². The summed E-state index contributed by atoms with van der Waals surface area (Å²) in [6, 6.07) is 0.776. The first-order valence-corrected chi connectivity index (χ1v) is 8.23. The van der Waals surface area contributed by atoms with Gasteiger partial charge in [0.25, 0.3) is 0 Å². The quantitative estimate of drug-likeness (QED) is 0.755. The Morgan fingerprint density at radius 1 is 1.11 bits per heavy atom. The highest BCUT2D eigenvalue weighted by Gasteiger charge is 2.28. The highest BCUT2D eigenvalue weighted by Crippen LogP contribution is 2.27. The Hall–Kier alpha value is -0.0800. The number of hydrogen-bond acceptors (Lipinski definition) is 2. The summed E-state index contributed by atoms with van der Waals surface area (Å²) in [6.07, 6.45) is 11.4. The monoisotopic (exact) mass is 252 g/mol. The van der Waals surface area contributed by atoms with E-state index in [1.165, 1.54) is 71.0 Å². The summed E-state index contributed by atoms with van der Waals surface area (Å²) < 4.78 is 0. The van der Waals surface area contributed by atoms with Gasteiger partial charge < -0.3 is 10.2 Å². The molecule has 0 aromatic heterocycles. The van der Waals surface area contributed by atoms with Crippen molar-refractivity contribution in [3.8, 4) is 0 Å². The van der Waals surface area contributed by atoms with Crippen LogP contribution in [0.15, 0.2) is 0 Å². The SMILES string of the molecule is CCCC1CCN(CC2CCCCCC2NC)C1. The van der Waals surface area contributed by atoms with Crippen LogP contribution in [0.4, 0.5) is 0 Å². The van der Waals surface area contributed by atoms with E-state index < -0.39 is 0 Å². The van der Waals surface area contributed by atoms with Crippen LogP contribution in [-0.4, -0.2) is 37.6 Å². The lowest BCUT2D eigenvalue weighted by atomic mass is 9.94. The molecule has 0 bridgehead atoms. The maximum Gasteiger partial charge on any atom is 0.0104 e. The highest BCUT2D eigenvalue weighted by atomic mass is 15.1. The van der Waals surface area contributed by atoms with Crippen LogP contribution in [-0.2, 0) is 0 Å². The van der Waals surface area contributed by atoms with Crippen molar-refractivity contribution in [2.45, 2.75) is 64.3 Å². The minimum Gasteiger partial charge on any atom is -0.317 e. The van der Waals surface area contributed by atoms with E-state index in [1.54, 1.807) is 0 Å². The molecule has 1 saturated heterocycles. The largest absolute Gasteiger partial charge is 0.317 e. The van der Waals surface area contributed by atoms with Crippen LogP contribution in [0.5, 0.6) is 0 Å². The van der Waals surface area contributed by atoms with Gasteiger partial charge in [-0.25, -0.2) is 0 Å². The molecule has 1 aliphatic heterocycles. The third kappa shape index (κ3) is 3.96. The van der Waals surface area contributed by atoms with Gasteiger partial charge in [0.1, 0.15) is 0 Å². The lowest BCUT2D eigenvalue weighted by molar-refractivity contribution is 0.222. The van der Waals surface area contributed by atoms with Crippen molar-refractivity contribution < 1.29 is 0 Å². The minimum absolute atomic E-state index is 0.776. The van der Waals surface area contributed by atoms with Crippen LogP contribution in [0.1, 0.15) is 58.3 Å². The lowest BCUT2D eigenvalue weighted by Gasteiger charge is -2.29. The molecule has 0 radical (unpaired) electrons. The van der Waals surface area contributed by atoms with Crippen molar-refractivity contribution in [1.29, 1.82) is 0 Å². The number of nitrogens with one attached hydrogen (secondary N) is 1. The third-order valence-electron chi connectivity index (χ3n) is 5.09. The zero-order valence-electron chi connectivity index (χ0n) is 12.5. The van der Waals surface area contributed by atoms with E-state index in [2.05, 4.69) is 24.2 Å². The van der Waals surface area contributed by atoms with Crippen LogP contribution < -0.4 is 5.32 Å². The minimum atomic E-state index is 0.776. The Balaban J connectivity index is 1.80. The highest BCUT2D eigenvalue weighted by molar-refractivity contribution is 4.84. The summed E-state index contributed by atoms with van der Waals surface area (Å²) in [6.45, 7) is 6.41. The van der Waals surface area contributed by atoms with Gasteiger partial charge in [-0.05, 0) is 51.1 Å². The Morgan fingerprint density at radius 3 is 2.72 bits per heavy atom. The van der Waals surface area contributed by atoms with Gasteiger partial charge in [0.2, 0.25) is 0 Å². The Bertz CT molecular complexity index is 229. The van der Waals surface area contributed by atoms with Crippen molar-refractivity contribution in [2.75, 3.05) is 26.7 Å². The fraction of sp³-hybridized carbons (Fsp3) is 1.00. The molecule has 2 nitrogen and oxygen atoms in total. The average Bonchev–Trinajstić information content (AvgIpc) is 2.69. The summed E-state index contributed by atoms with van der Waals surface area (Å²) in [4.78, 5) is 2.75. The molecule has 1 heterocycles. The molecule has 1 saturated carbocycles. The van der Waals surface area contributed by atoms with Crippen LogP contribution in [0.3, 0.4) is 0 Å². The third-order valence-corrected chi connectivity index (χ3v) is 5.09. The van der Waals surface area contributed by atoms with Crippen LogP contribution in [0, 0.1) is 11.8 Å². The first-order chi connectivity index (χ1) is 8.83. The standard InChI is InChI=1S/C16H32N2/c1-3-7-14-10-11-18(12-14)13-15-8-5-4-6-9-16(15)17-2/h14-17H,3-13H2,1-2H3. The molecular weight excluding hydrogens is 220 g/mol. The molecule has 3 atom stereocenters. The maximum atomic E-state index is 3.58. The molecule has 1 N–H and O–H groups in total. The lowest BCUT2D eigenvalue weighted by Crippen LogP contribution is -2.39. The molecular formula is C16H32N2. The van der Waals surface area contributed by atoms with Gasteiger partial charge in [-0.15, -0.1) is 0 Å². The molecule has 0 spiro atoms. The fourth-order valence-electron chi connectivity index (χ4n) is 4.04. The first-order valence-electron chi connectivity index (χ1n) is 8.23. The summed E-state index contributed by atoms with van der Waals surface area (Å²) in [5.41, 5.74) is 0. The molecule has 2 heteroatoms. The zero-order chi connectivity index (χ0) is 12.8. The predicted molar refractivity (Wildman–Crippen MR) is 78.9 cm³/mol. The summed E-state index contributed by atoms with van der Waals surface area (Å²) >= 11 is 0. The van der Waals surface area contributed by atoms with Crippen molar-refractivity contribution in [3.63, 3.8) is 0 Å². The second-order valence-corrected chi connectivity index (χ2v) is 6.50. The molecule has 1 aliphatic carbocycles. The Kier molecular flexibility index (Phi) is 5.97. The second kappa shape index (κ2) is 7.49. The number of rotatable bonds is 5. The summed E-state index contributed by atoms with van der Waals surface area (Å²) in [5, 5.41) is 3.58. The Morgan fingerprint density at radius 2 is 1.94 bits per heavy atom. The Labute approximate surface area is 114 Å². The molecule has 18 heavy (non-hydrogen) atoms. The van der Waals surface area contributed by atoms with E-state index in [0.717, 1.165) is 17.9 Å². The van der Waals surface area contributed by atoms with E-state index in [4.69, 9.17) is 0 Å². The molecule has 0 amide bonds. The number of nitrogens with zero attached hydrogens (tertiary/aromatic N) is 1. The van der Waals surface area contributed by atoms with Crippen molar-refractivity contribution in [2.24, 2.45) is 11.8 Å². The summed E-state index contributed by atoms with van der Waals surface area (Å²) in [7, 11) is 2.16. The molecule has 0 aromatic carbocycles. The molecule has 3 unspecified atom stereocenters. The first kappa shape index (κ1) is 14.3. The molecule has 2 aliphatic rings. The van der Waals surface area contributed by atoms with Crippen LogP contribution >= 0.6 is 0 Å². The van der Waals surface area contributed by atoms with Crippen LogP contribution in [0.25, 0.3) is 0 Å². The molecule has 2 rings (SSSR count). The molecule has 106 valence electrons. The van der Waals surface area contributed by atoms with Crippen molar-refractivity contribution in [1.82, 2.24) is 10.2 Å². The van der Waals surface area contributed by atoms with Gasteiger partial charge in [0.15, 0.2) is 0 Å². The fourth-order valence-corrected chi connectivity index (χ4v) is 4.04. The van der Waals surface area contributed by atoms with Gasteiger partial charge in [0, 0.05) is 19.1 Å². The van der Waals surface area contributed by atoms with E-state index in [1.807, 2.05) is 0 Å². The zero-order valence-corrected chi connectivity index (χ0v) is 12.5. The molecule has 0 aromatic rings. The second-order valence-electron chi connectivity index (χ2n) is 6.50. The van der Waals surface area contributed by atoms with Crippen LogP contribution in [0.2, 0.25) is 0 Å². The molecule has 2 fully saturated rings. The van der Waals surface area contributed by atoms with E-state index in [-0.39, 0.29) is 0 Å². The average molecular weight is 252 g/mol. The van der Waals surface area contributed by atoms with Gasteiger partial charge >= 0.3 is 0 Å². The predicted octanol–water partition coefficient (Wildman–Crippen LogP) is 3.28. The van der Waals surface area contributed by atoms with E-state index in [9.17, 15) is 0 Å². The van der Waals surface area contributed by atoms with Gasteiger partial charge in [-0.2, -0.15) is 0 Å². The van der Waals surface area contributed by atoms with E-state index >= 15 is 0 Å². The summed E-state index contributed by atoms with van der Waals surface area (Å²) in [5.74, 6) is 1.90. The smallest absolute Gasteiger partial charge is 0.0104 e. The number of likely N-dealkylation sites (tertiary alicyclic amines) is 1. The van der Waals surface area contributed by atoms with Crippen molar-refractivity contribution >= 4 is 0 Å². The topological polar surface area (TPSA) is 15.3 Å². The maximum absolute atomic E-state index is 3.58. The normalized spacial score (nSPS) is 34.7. The van der Waals surface area contributed by atoms with Gasteiger partial charge in [-0.3, -0.25) is 0 Å². The van der Waals surface area contributed by atoms with Gasteiger partial charge in [-0.1, -0.05) is 32.6 Å². The van der Waals surface area contributed by atoms with Gasteiger partial charge in [0.05, 0.1) is 0 Å². The number of hydrogen-bond donors (Lipinski definition) is 1. The van der Waals surface area contributed by atoms with E-state index in [0.29, 0.717) is 0 Å².